The van der Waals surface area contributed by atoms with Gasteiger partial charge in [-0.25, -0.2) is 0 Å². The number of nitrogens with one attached hydrogen (secondary N) is 1. The highest BCUT2D eigenvalue weighted by atomic mass is 16.2. The summed E-state index contributed by atoms with van der Waals surface area (Å²) in [4.78, 5) is 58.3. The van der Waals surface area contributed by atoms with E-state index in [0.29, 0.717) is 30.5 Å². The molecule has 8 nitrogen and oxygen atoms in total. The van der Waals surface area contributed by atoms with Gasteiger partial charge in [0.05, 0.1) is 12.6 Å². The molecule has 196 valence electrons. The first kappa shape index (κ1) is 26.4. The fraction of sp³-hybridized carbons (Fsp3) is 0.448. The van der Waals surface area contributed by atoms with Gasteiger partial charge < -0.3 is 20.0 Å². The predicted octanol–water partition coefficient (Wildman–Crippen LogP) is 2.90. The third-order valence-corrected chi connectivity index (χ3v) is 7.30. The number of carbonyl (C=O) groups is 4. The van der Waals surface area contributed by atoms with Crippen LogP contribution in [0, 0.1) is 12.8 Å². The van der Waals surface area contributed by atoms with E-state index in [-0.39, 0.29) is 42.0 Å². The number of hydrogen-bond donors (Lipinski definition) is 1. The van der Waals surface area contributed by atoms with Crippen molar-refractivity contribution in [1.82, 2.24) is 15.1 Å². The summed E-state index contributed by atoms with van der Waals surface area (Å²) in [5.41, 5.74) is 2.87. The largest absolute Gasteiger partial charge is 0.378 e. The maximum absolute atomic E-state index is 13.7. The molecule has 0 aliphatic carbocycles. The molecule has 2 aromatic carbocycles. The SMILES string of the molecule is Cc1ccccc1C(=O)N1CC(=O)[C@@H]2C1CCN2C(=O)C(CC(C)C)NC(=O)c1ccc(N(C)C)cc1. The summed E-state index contributed by atoms with van der Waals surface area (Å²) in [6.07, 6.45) is 0.988. The van der Waals surface area contributed by atoms with E-state index in [4.69, 9.17) is 0 Å². The minimum absolute atomic E-state index is 0.00822. The van der Waals surface area contributed by atoms with Crippen LogP contribution in [0.3, 0.4) is 0 Å². The Morgan fingerprint density at radius 3 is 2.32 bits per heavy atom. The second-order valence-electron chi connectivity index (χ2n) is 10.6. The quantitative estimate of drug-likeness (QED) is 0.626. The van der Waals surface area contributed by atoms with Gasteiger partial charge in [-0.3, -0.25) is 19.2 Å². The third kappa shape index (κ3) is 5.38. The molecule has 0 saturated carbocycles. The van der Waals surface area contributed by atoms with Crippen LogP contribution in [-0.2, 0) is 9.59 Å². The number of benzene rings is 2. The van der Waals surface area contributed by atoms with Crippen LogP contribution < -0.4 is 10.2 Å². The number of carbonyl (C=O) groups excluding carboxylic acids is 4. The fourth-order valence-electron chi connectivity index (χ4n) is 5.35. The van der Waals surface area contributed by atoms with E-state index in [1.54, 1.807) is 28.0 Å². The molecule has 4 rings (SSSR count). The zero-order valence-electron chi connectivity index (χ0n) is 22.2. The number of anilines is 1. The number of aryl methyl sites for hydroxylation is 1. The molecule has 3 amide bonds. The van der Waals surface area contributed by atoms with E-state index in [0.717, 1.165) is 11.3 Å². The molecule has 0 radical (unpaired) electrons. The molecule has 2 fully saturated rings. The summed E-state index contributed by atoms with van der Waals surface area (Å²) in [6, 6.07) is 12.7. The molecule has 0 bridgehead atoms. The number of hydrogen-bond acceptors (Lipinski definition) is 5. The van der Waals surface area contributed by atoms with Gasteiger partial charge in [0.2, 0.25) is 5.91 Å². The van der Waals surface area contributed by atoms with Crippen LogP contribution in [-0.4, -0.2) is 78.6 Å². The van der Waals surface area contributed by atoms with Crippen LogP contribution in [0.15, 0.2) is 48.5 Å². The molecule has 0 aromatic heterocycles. The Labute approximate surface area is 218 Å². The lowest BCUT2D eigenvalue weighted by Gasteiger charge is -2.29. The highest BCUT2D eigenvalue weighted by Gasteiger charge is 2.52. The highest BCUT2D eigenvalue weighted by molar-refractivity contribution is 6.04. The summed E-state index contributed by atoms with van der Waals surface area (Å²) < 4.78 is 0. The smallest absolute Gasteiger partial charge is 0.254 e. The van der Waals surface area contributed by atoms with Crippen molar-refractivity contribution in [3.8, 4) is 0 Å². The van der Waals surface area contributed by atoms with Crippen LogP contribution in [0.4, 0.5) is 5.69 Å². The number of ketones is 1. The van der Waals surface area contributed by atoms with E-state index in [1.165, 1.54) is 0 Å². The first-order valence-electron chi connectivity index (χ1n) is 12.9. The summed E-state index contributed by atoms with van der Waals surface area (Å²) in [5.74, 6) is -0.748. The van der Waals surface area contributed by atoms with Gasteiger partial charge in [-0.1, -0.05) is 32.0 Å². The molecule has 37 heavy (non-hydrogen) atoms. The Bertz CT molecular complexity index is 1190. The van der Waals surface area contributed by atoms with Gasteiger partial charge in [0.1, 0.15) is 12.1 Å². The zero-order valence-corrected chi connectivity index (χ0v) is 22.2. The van der Waals surface area contributed by atoms with E-state index in [2.05, 4.69) is 5.32 Å². The topological polar surface area (TPSA) is 90.0 Å². The standard InChI is InChI=1S/C29H36N4O4/c1-18(2)16-23(30-27(35)20-10-12-21(13-11-20)31(4)5)29(37)32-15-14-24-26(32)25(34)17-33(24)28(36)22-9-7-6-8-19(22)3/h6-13,18,23-24,26H,14-17H2,1-5H3,(H,30,35)/t23?,24?,26-/m0/s1. The maximum Gasteiger partial charge on any atom is 0.254 e. The van der Waals surface area contributed by atoms with Gasteiger partial charge in [-0.2, -0.15) is 0 Å². The number of rotatable bonds is 7. The van der Waals surface area contributed by atoms with Gasteiger partial charge in [0.15, 0.2) is 5.78 Å². The van der Waals surface area contributed by atoms with E-state index >= 15 is 0 Å². The fourth-order valence-corrected chi connectivity index (χ4v) is 5.35. The van der Waals surface area contributed by atoms with Crippen LogP contribution >= 0.6 is 0 Å². The molecule has 1 N–H and O–H groups in total. The number of likely N-dealkylation sites (tertiary alicyclic amines) is 2. The number of fused-ring (bicyclic) bond motifs is 1. The van der Waals surface area contributed by atoms with Crippen molar-refractivity contribution >= 4 is 29.2 Å². The molecular weight excluding hydrogens is 468 g/mol. The first-order valence-corrected chi connectivity index (χ1v) is 12.9. The number of nitrogens with zero attached hydrogens (tertiary/aromatic N) is 3. The van der Waals surface area contributed by atoms with Crippen LogP contribution in [0.5, 0.6) is 0 Å². The predicted molar refractivity (Wildman–Crippen MR) is 143 cm³/mol. The van der Waals surface area contributed by atoms with Crippen molar-refractivity contribution in [3.05, 3.63) is 65.2 Å². The second-order valence-corrected chi connectivity index (χ2v) is 10.6. The lowest BCUT2D eigenvalue weighted by atomic mass is 10.0. The second kappa shape index (κ2) is 10.7. The van der Waals surface area contributed by atoms with Crippen molar-refractivity contribution < 1.29 is 19.2 Å². The Kier molecular flexibility index (Phi) is 7.66. The number of Topliss-reactive ketones (excluding diaryl/α,β-unsaturated/α-hetero) is 1. The normalized spacial score (nSPS) is 19.7. The summed E-state index contributed by atoms with van der Waals surface area (Å²) in [6.45, 7) is 6.23. The Hall–Kier alpha value is -3.68. The molecule has 2 aliphatic heterocycles. The summed E-state index contributed by atoms with van der Waals surface area (Å²) in [5, 5.41) is 2.92. The van der Waals surface area contributed by atoms with Gasteiger partial charge in [0.25, 0.3) is 11.8 Å². The van der Waals surface area contributed by atoms with Gasteiger partial charge >= 0.3 is 0 Å². The Balaban J connectivity index is 1.51. The van der Waals surface area contributed by atoms with Crippen molar-refractivity contribution in [2.45, 2.75) is 51.7 Å². The highest BCUT2D eigenvalue weighted by Crippen LogP contribution is 2.32. The average Bonchev–Trinajstić information content (AvgIpc) is 3.44. The molecule has 2 heterocycles. The molecule has 2 saturated heterocycles. The first-order chi connectivity index (χ1) is 17.6. The minimum Gasteiger partial charge on any atom is -0.378 e. The molecule has 2 aromatic rings. The summed E-state index contributed by atoms with van der Waals surface area (Å²) in [7, 11) is 3.85. The molecule has 2 aliphatic rings. The summed E-state index contributed by atoms with van der Waals surface area (Å²) >= 11 is 0. The van der Waals surface area contributed by atoms with Gasteiger partial charge in [-0.15, -0.1) is 0 Å². The van der Waals surface area contributed by atoms with Crippen molar-refractivity contribution in [2.24, 2.45) is 5.92 Å². The lowest BCUT2D eigenvalue weighted by Crippen LogP contribution is -2.53. The van der Waals surface area contributed by atoms with Crippen molar-refractivity contribution in [1.29, 1.82) is 0 Å². The van der Waals surface area contributed by atoms with Crippen molar-refractivity contribution in [3.63, 3.8) is 0 Å². The Morgan fingerprint density at radius 2 is 1.70 bits per heavy atom. The molecular formula is C29H36N4O4. The van der Waals surface area contributed by atoms with Crippen molar-refractivity contribution in [2.75, 3.05) is 32.1 Å². The third-order valence-electron chi connectivity index (χ3n) is 7.30. The molecule has 2 unspecified atom stereocenters. The minimum atomic E-state index is -0.756. The van der Waals surface area contributed by atoms with E-state index in [1.807, 2.05) is 70.1 Å². The van der Waals surface area contributed by atoms with E-state index in [9.17, 15) is 19.2 Å². The Morgan fingerprint density at radius 1 is 1.03 bits per heavy atom. The number of amides is 3. The van der Waals surface area contributed by atoms with E-state index < -0.39 is 12.1 Å². The van der Waals surface area contributed by atoms with Gasteiger partial charge in [0, 0.05) is 37.5 Å². The maximum atomic E-state index is 13.7. The van der Waals surface area contributed by atoms with Crippen LogP contribution in [0.1, 0.15) is 53.0 Å². The zero-order chi connectivity index (χ0) is 26.9. The van der Waals surface area contributed by atoms with Gasteiger partial charge in [-0.05, 0) is 61.6 Å². The van der Waals surface area contributed by atoms with Crippen LogP contribution in [0.2, 0.25) is 0 Å². The average molecular weight is 505 g/mol. The molecule has 8 heteroatoms. The molecule has 3 atom stereocenters. The van der Waals surface area contributed by atoms with Crippen LogP contribution in [0.25, 0.3) is 0 Å². The monoisotopic (exact) mass is 504 g/mol. The lowest BCUT2D eigenvalue weighted by molar-refractivity contribution is -0.138. The molecule has 0 spiro atoms.